The Kier molecular flexibility index (Phi) is 3.33. The highest BCUT2D eigenvalue weighted by atomic mass is 35.5. The molecule has 7 heteroatoms. The summed E-state index contributed by atoms with van der Waals surface area (Å²) in [6.07, 6.45) is 1.47. The molecule has 0 atom stereocenters. The van der Waals surface area contributed by atoms with Crippen molar-refractivity contribution < 1.29 is 14.7 Å². The highest BCUT2D eigenvalue weighted by Crippen LogP contribution is 2.34. The Morgan fingerprint density at radius 2 is 1.82 bits per heavy atom. The summed E-state index contributed by atoms with van der Waals surface area (Å²) in [6, 6.07) is 2.90. The first-order valence-corrected chi connectivity index (χ1v) is 5.97. The van der Waals surface area contributed by atoms with Gasteiger partial charge in [0.15, 0.2) is 5.75 Å². The van der Waals surface area contributed by atoms with Gasteiger partial charge in [0.05, 0.1) is 15.0 Å². The third kappa shape index (κ3) is 2.57. The van der Waals surface area contributed by atoms with E-state index >= 15 is 0 Å². The first-order chi connectivity index (χ1) is 7.97. The van der Waals surface area contributed by atoms with Crippen LogP contribution in [0.1, 0.15) is 5.56 Å². The number of phenols is 1. The molecule has 1 aliphatic rings. The fourth-order valence-corrected chi connectivity index (χ4v) is 2.43. The summed E-state index contributed by atoms with van der Waals surface area (Å²) >= 11 is 12.3. The number of nitrogens with one attached hydrogen (secondary N) is 1. The zero-order chi connectivity index (χ0) is 12.6. The second kappa shape index (κ2) is 4.60. The number of carbonyl (C=O) groups excluding carboxylic acids is 2. The summed E-state index contributed by atoms with van der Waals surface area (Å²) in [5.74, 6) is -0.671. The van der Waals surface area contributed by atoms with Gasteiger partial charge in [-0.25, -0.2) is 0 Å². The summed E-state index contributed by atoms with van der Waals surface area (Å²) in [5.41, 5.74) is 0.533. The van der Waals surface area contributed by atoms with Gasteiger partial charge in [0, 0.05) is 0 Å². The van der Waals surface area contributed by atoms with Crippen LogP contribution in [0.15, 0.2) is 17.0 Å². The maximum Gasteiger partial charge on any atom is 0.290 e. The largest absolute Gasteiger partial charge is 0.505 e. The number of halogens is 2. The normalized spacial score (nSPS) is 17.6. The summed E-state index contributed by atoms with van der Waals surface area (Å²) in [7, 11) is 0. The van der Waals surface area contributed by atoms with Crippen molar-refractivity contribution in [2.75, 3.05) is 0 Å². The number of hydrogen-bond acceptors (Lipinski definition) is 4. The van der Waals surface area contributed by atoms with Gasteiger partial charge in [-0.05, 0) is 35.5 Å². The van der Waals surface area contributed by atoms with Gasteiger partial charge < -0.3 is 5.11 Å². The van der Waals surface area contributed by atoms with Crippen molar-refractivity contribution in [3.63, 3.8) is 0 Å². The lowest BCUT2D eigenvalue weighted by molar-refractivity contribution is -0.115. The second-order valence-electron chi connectivity index (χ2n) is 3.19. The second-order valence-corrected chi connectivity index (χ2v) is 5.01. The van der Waals surface area contributed by atoms with Crippen LogP contribution in [-0.2, 0) is 4.79 Å². The minimum Gasteiger partial charge on any atom is -0.505 e. The highest BCUT2D eigenvalue weighted by Gasteiger charge is 2.25. The maximum absolute atomic E-state index is 11.3. The fourth-order valence-electron chi connectivity index (χ4n) is 1.24. The number of thioether (sulfide) groups is 1. The van der Waals surface area contributed by atoms with Crippen molar-refractivity contribution >= 4 is 52.2 Å². The van der Waals surface area contributed by atoms with E-state index < -0.39 is 11.1 Å². The predicted molar refractivity (Wildman–Crippen MR) is 67.2 cm³/mol. The van der Waals surface area contributed by atoms with Crippen molar-refractivity contribution in [1.82, 2.24) is 5.32 Å². The molecular formula is C10H5Cl2NO3S. The van der Waals surface area contributed by atoms with E-state index in [9.17, 15) is 14.7 Å². The first-order valence-electron chi connectivity index (χ1n) is 4.40. The molecular weight excluding hydrogens is 285 g/mol. The molecule has 2 amide bonds. The van der Waals surface area contributed by atoms with Crippen LogP contribution in [-0.4, -0.2) is 16.3 Å². The van der Waals surface area contributed by atoms with Gasteiger partial charge in [0.25, 0.3) is 11.1 Å². The van der Waals surface area contributed by atoms with E-state index in [1.165, 1.54) is 18.2 Å². The summed E-state index contributed by atoms with van der Waals surface area (Å²) < 4.78 is 0. The molecule has 1 saturated heterocycles. The molecule has 0 unspecified atom stereocenters. The molecule has 1 aromatic rings. The number of rotatable bonds is 1. The molecule has 1 aliphatic heterocycles. The van der Waals surface area contributed by atoms with E-state index in [1.807, 2.05) is 0 Å². The number of hydrogen-bond donors (Lipinski definition) is 2. The lowest BCUT2D eigenvalue weighted by Crippen LogP contribution is -2.17. The molecule has 0 bridgehead atoms. The molecule has 0 spiro atoms. The van der Waals surface area contributed by atoms with Crippen molar-refractivity contribution in [2.24, 2.45) is 0 Å². The zero-order valence-electron chi connectivity index (χ0n) is 8.16. The van der Waals surface area contributed by atoms with Gasteiger partial charge in [0.1, 0.15) is 0 Å². The van der Waals surface area contributed by atoms with Crippen LogP contribution in [0.25, 0.3) is 6.08 Å². The van der Waals surface area contributed by atoms with Crippen molar-refractivity contribution in [1.29, 1.82) is 0 Å². The fraction of sp³-hybridized carbons (Fsp3) is 0. The number of imide groups is 1. The molecule has 0 aliphatic carbocycles. The molecule has 0 saturated carbocycles. The Balaban J connectivity index is 2.40. The predicted octanol–water partition coefficient (Wildman–Crippen LogP) is 3.02. The van der Waals surface area contributed by atoms with E-state index in [1.54, 1.807) is 0 Å². The van der Waals surface area contributed by atoms with Crippen LogP contribution in [0.4, 0.5) is 4.79 Å². The number of aromatic hydroxyl groups is 1. The van der Waals surface area contributed by atoms with Gasteiger partial charge in [-0.3, -0.25) is 14.9 Å². The zero-order valence-corrected chi connectivity index (χ0v) is 10.5. The van der Waals surface area contributed by atoms with Crippen LogP contribution >= 0.6 is 35.0 Å². The minimum absolute atomic E-state index is 0.0825. The number of phenolic OH excluding ortho intramolecular Hbond substituents is 1. The van der Waals surface area contributed by atoms with Crippen molar-refractivity contribution in [3.05, 3.63) is 32.6 Å². The Morgan fingerprint density at radius 1 is 1.24 bits per heavy atom. The maximum atomic E-state index is 11.3. The Bertz CT molecular complexity index is 533. The van der Waals surface area contributed by atoms with Crippen LogP contribution in [0.5, 0.6) is 5.75 Å². The van der Waals surface area contributed by atoms with Crippen LogP contribution < -0.4 is 5.32 Å². The number of amides is 2. The monoisotopic (exact) mass is 289 g/mol. The van der Waals surface area contributed by atoms with Crippen LogP contribution in [0.2, 0.25) is 10.0 Å². The quantitative estimate of drug-likeness (QED) is 0.780. The van der Waals surface area contributed by atoms with Crippen molar-refractivity contribution in [2.45, 2.75) is 0 Å². The van der Waals surface area contributed by atoms with Crippen molar-refractivity contribution in [3.8, 4) is 5.75 Å². The standard InChI is InChI=1S/C10H5Cl2NO3S/c11-5-1-4(2-6(12)8(5)14)3-7-9(15)13-10(16)17-7/h1-3,14H,(H,13,15,16)/b7-3-. The molecule has 1 heterocycles. The molecule has 0 aromatic heterocycles. The summed E-state index contributed by atoms with van der Waals surface area (Å²) in [6.45, 7) is 0. The van der Waals surface area contributed by atoms with E-state index in [0.29, 0.717) is 5.56 Å². The molecule has 2 rings (SSSR count). The Morgan fingerprint density at radius 3 is 2.29 bits per heavy atom. The van der Waals surface area contributed by atoms with E-state index in [0.717, 1.165) is 11.8 Å². The third-order valence-corrected chi connectivity index (χ3v) is 3.37. The van der Waals surface area contributed by atoms with Gasteiger partial charge in [0.2, 0.25) is 0 Å². The lowest BCUT2D eigenvalue weighted by Gasteiger charge is -2.02. The van der Waals surface area contributed by atoms with Crippen LogP contribution in [0.3, 0.4) is 0 Å². The van der Waals surface area contributed by atoms with Gasteiger partial charge in [-0.15, -0.1) is 0 Å². The topological polar surface area (TPSA) is 66.4 Å². The van der Waals surface area contributed by atoms with Gasteiger partial charge in [-0.1, -0.05) is 23.2 Å². The summed E-state index contributed by atoms with van der Waals surface area (Å²) in [4.78, 5) is 22.5. The minimum atomic E-state index is -0.458. The molecule has 1 aromatic carbocycles. The number of benzene rings is 1. The molecule has 0 radical (unpaired) electrons. The molecule has 88 valence electrons. The SMILES string of the molecule is O=C1NC(=O)/C(=C/c2cc(Cl)c(O)c(Cl)c2)S1. The molecule has 1 fully saturated rings. The summed E-state index contributed by atoms with van der Waals surface area (Å²) in [5, 5.41) is 11.2. The van der Waals surface area contributed by atoms with E-state index in [2.05, 4.69) is 5.32 Å². The Hall–Kier alpha value is -1.17. The Labute approximate surface area is 111 Å². The molecule has 4 nitrogen and oxygen atoms in total. The first kappa shape index (κ1) is 12.3. The highest BCUT2D eigenvalue weighted by molar-refractivity contribution is 8.18. The lowest BCUT2D eigenvalue weighted by atomic mass is 10.2. The third-order valence-electron chi connectivity index (χ3n) is 1.98. The molecule has 17 heavy (non-hydrogen) atoms. The van der Waals surface area contributed by atoms with E-state index in [4.69, 9.17) is 23.2 Å². The van der Waals surface area contributed by atoms with E-state index in [-0.39, 0.29) is 20.7 Å². The smallest absolute Gasteiger partial charge is 0.290 e. The average molecular weight is 290 g/mol. The number of carbonyl (C=O) groups is 2. The van der Waals surface area contributed by atoms with Gasteiger partial charge >= 0.3 is 0 Å². The van der Waals surface area contributed by atoms with Gasteiger partial charge in [-0.2, -0.15) is 0 Å². The molecule has 2 N–H and O–H groups in total. The van der Waals surface area contributed by atoms with Crippen LogP contribution in [0, 0.1) is 0 Å². The average Bonchev–Trinajstić information content (AvgIpc) is 2.54.